The molecule has 0 amide bonds. The van der Waals surface area contributed by atoms with Crippen molar-refractivity contribution >= 4 is 14.3 Å². The third kappa shape index (κ3) is 4.83. The minimum Gasteiger partial charge on any atom is -0.469 e. The molecule has 0 spiro atoms. The molecule has 212 valence electrons. The van der Waals surface area contributed by atoms with Crippen molar-refractivity contribution in [3.05, 3.63) is 11.6 Å². The van der Waals surface area contributed by atoms with Gasteiger partial charge in [-0.25, -0.2) is 0 Å². The number of allylic oxidation sites excluding steroid dienone is 1. The fourth-order valence-corrected chi connectivity index (χ4v) is 11.1. The summed E-state index contributed by atoms with van der Waals surface area (Å²) in [5, 5.41) is 0.235. The molecule has 3 nitrogen and oxygen atoms in total. The lowest BCUT2D eigenvalue weighted by Crippen LogP contribution is -2.60. The maximum Gasteiger partial charge on any atom is 0.305 e. The van der Waals surface area contributed by atoms with Crippen LogP contribution >= 0.6 is 0 Å². The predicted octanol–water partition coefficient (Wildman–Crippen LogP) is 9.18. The zero-order valence-electron chi connectivity index (χ0n) is 26.1. The lowest BCUT2D eigenvalue weighted by atomic mass is 9.44. The minimum atomic E-state index is -1.87. The Bertz CT molecular complexity index is 898. The first-order chi connectivity index (χ1) is 17.0. The van der Waals surface area contributed by atoms with E-state index in [1.165, 1.54) is 52.1 Å². The van der Waals surface area contributed by atoms with Crippen molar-refractivity contribution in [2.75, 3.05) is 7.11 Å². The number of carbonyl (C=O) groups is 1. The van der Waals surface area contributed by atoms with Gasteiger partial charge in [0.05, 0.1) is 13.2 Å². The van der Waals surface area contributed by atoms with Gasteiger partial charge in [0, 0.05) is 11.8 Å². The second-order valence-electron chi connectivity index (χ2n) is 16.1. The quantitative estimate of drug-likeness (QED) is 0.195. The van der Waals surface area contributed by atoms with E-state index in [-0.39, 0.29) is 21.8 Å². The first kappa shape index (κ1) is 29.4. The summed E-state index contributed by atoms with van der Waals surface area (Å²) in [7, 11) is -0.357. The molecule has 3 fully saturated rings. The van der Waals surface area contributed by atoms with Gasteiger partial charge in [0.15, 0.2) is 8.32 Å². The van der Waals surface area contributed by atoms with Crippen LogP contribution in [0.15, 0.2) is 11.6 Å². The van der Waals surface area contributed by atoms with Gasteiger partial charge in [-0.05, 0) is 110 Å². The topological polar surface area (TPSA) is 35.5 Å². The van der Waals surface area contributed by atoms with Crippen molar-refractivity contribution < 1.29 is 14.0 Å². The summed E-state index contributed by atoms with van der Waals surface area (Å²) in [5.74, 6) is 3.54. The summed E-state index contributed by atoms with van der Waals surface area (Å²) in [4.78, 5) is 11.9. The van der Waals surface area contributed by atoms with Crippen molar-refractivity contribution in [3.63, 3.8) is 0 Å². The van der Waals surface area contributed by atoms with Gasteiger partial charge in [-0.1, -0.05) is 67.0 Å². The van der Waals surface area contributed by atoms with Crippen molar-refractivity contribution in [1.82, 2.24) is 0 Å². The monoisotopic (exact) mass is 530 g/mol. The average Bonchev–Trinajstić information content (AvgIpc) is 3.15. The van der Waals surface area contributed by atoms with Gasteiger partial charge in [0.2, 0.25) is 0 Å². The molecule has 8 atom stereocenters. The SMILES string of the molecule is COC(=O)CC[C@@H](C)[C@H]1CC[C@H]2[C@@H]3CC=C4C(C)(C)CCC(O[Si](C)(C)C(C)(C)C)[C@]4(C)[C@H]3CC[C@]12C. The molecule has 1 unspecified atom stereocenters. The maximum atomic E-state index is 11.9. The maximum absolute atomic E-state index is 11.9. The van der Waals surface area contributed by atoms with E-state index in [1.807, 2.05) is 0 Å². The molecule has 0 aromatic heterocycles. The van der Waals surface area contributed by atoms with Gasteiger partial charge in [-0.3, -0.25) is 4.79 Å². The molecule has 0 heterocycles. The van der Waals surface area contributed by atoms with Crippen LogP contribution in [-0.2, 0) is 14.0 Å². The predicted molar refractivity (Wildman–Crippen MR) is 157 cm³/mol. The third-order valence-electron chi connectivity index (χ3n) is 12.8. The third-order valence-corrected chi connectivity index (χ3v) is 17.3. The van der Waals surface area contributed by atoms with Crippen LogP contribution in [0.1, 0.15) is 113 Å². The van der Waals surface area contributed by atoms with E-state index in [4.69, 9.17) is 9.16 Å². The summed E-state index contributed by atoms with van der Waals surface area (Å²) in [6.45, 7) is 24.7. The van der Waals surface area contributed by atoms with Crippen LogP contribution in [0.25, 0.3) is 0 Å². The molecule has 3 saturated carbocycles. The second kappa shape index (κ2) is 9.79. The highest BCUT2D eigenvalue weighted by atomic mass is 28.4. The lowest BCUT2D eigenvalue weighted by molar-refractivity contribution is -0.141. The summed E-state index contributed by atoms with van der Waals surface area (Å²) in [6.07, 6.45) is 13.6. The van der Waals surface area contributed by atoms with Crippen LogP contribution in [0.2, 0.25) is 18.1 Å². The highest BCUT2D eigenvalue weighted by Crippen LogP contribution is 2.69. The Morgan fingerprint density at radius 3 is 2.35 bits per heavy atom. The molecular formula is C33H58O3Si. The van der Waals surface area contributed by atoms with Crippen LogP contribution in [0.4, 0.5) is 0 Å². The number of fused-ring (bicyclic) bond motifs is 5. The Kier molecular flexibility index (Phi) is 7.77. The first-order valence-corrected chi connectivity index (χ1v) is 18.4. The second-order valence-corrected chi connectivity index (χ2v) is 20.9. The molecule has 0 N–H and O–H groups in total. The average molecular weight is 531 g/mol. The summed E-state index contributed by atoms with van der Waals surface area (Å²) < 4.78 is 12.3. The molecule has 4 aliphatic carbocycles. The van der Waals surface area contributed by atoms with E-state index in [0.717, 1.165) is 30.1 Å². The van der Waals surface area contributed by atoms with E-state index < -0.39 is 8.32 Å². The lowest BCUT2D eigenvalue weighted by Gasteiger charge is -2.63. The number of ether oxygens (including phenoxy) is 1. The number of methoxy groups -OCH3 is 1. The Labute approximate surface area is 230 Å². The van der Waals surface area contributed by atoms with Crippen LogP contribution in [0.3, 0.4) is 0 Å². The standard InChI is InChI=1S/C33H58O3Si/c1-22(12-17-29(34)35-9)24-14-15-25-23-13-16-27-31(5,6)20-19-28(36-37(10,11)30(2,3)4)33(27,8)26(23)18-21-32(24,25)7/h16,22-26,28H,12-15,17-21H2,1-11H3/t22-,23+,24-,25+,26+,28?,32-,33-/m1/s1. The molecule has 4 aliphatic rings. The van der Waals surface area contributed by atoms with E-state index in [2.05, 4.69) is 74.6 Å². The molecule has 0 aromatic rings. The van der Waals surface area contributed by atoms with Crippen molar-refractivity contribution in [3.8, 4) is 0 Å². The van der Waals surface area contributed by atoms with Crippen LogP contribution in [-0.4, -0.2) is 27.5 Å². The number of hydrogen-bond donors (Lipinski definition) is 0. The number of carbonyl (C=O) groups excluding carboxylic acids is 1. The molecule has 0 radical (unpaired) electrons. The van der Waals surface area contributed by atoms with Gasteiger partial charge in [0.25, 0.3) is 0 Å². The number of rotatable bonds is 6. The van der Waals surface area contributed by atoms with Crippen molar-refractivity contribution in [1.29, 1.82) is 0 Å². The number of esters is 1. The highest BCUT2D eigenvalue weighted by molar-refractivity contribution is 6.74. The van der Waals surface area contributed by atoms with Crippen molar-refractivity contribution in [2.24, 2.45) is 45.8 Å². The van der Waals surface area contributed by atoms with Gasteiger partial charge in [-0.15, -0.1) is 0 Å². The van der Waals surface area contributed by atoms with E-state index in [9.17, 15) is 4.79 Å². The largest absolute Gasteiger partial charge is 0.469 e. The molecule has 0 bridgehead atoms. The summed E-state index contributed by atoms with van der Waals surface area (Å²) in [5.41, 5.74) is 2.55. The normalized spacial score (nSPS) is 40.2. The van der Waals surface area contributed by atoms with Gasteiger partial charge in [-0.2, -0.15) is 0 Å². The van der Waals surface area contributed by atoms with E-state index in [1.54, 1.807) is 5.57 Å². The number of hydrogen-bond acceptors (Lipinski definition) is 3. The fraction of sp³-hybridized carbons (Fsp3) is 0.909. The Morgan fingerprint density at radius 2 is 1.73 bits per heavy atom. The molecule has 4 rings (SSSR count). The fourth-order valence-electron chi connectivity index (χ4n) is 9.72. The zero-order valence-corrected chi connectivity index (χ0v) is 27.1. The van der Waals surface area contributed by atoms with Gasteiger partial charge < -0.3 is 9.16 Å². The minimum absolute atomic E-state index is 0.0548. The molecule has 37 heavy (non-hydrogen) atoms. The van der Waals surface area contributed by atoms with Crippen molar-refractivity contribution in [2.45, 2.75) is 137 Å². The summed E-state index contributed by atoms with van der Waals surface area (Å²) in [6, 6.07) is 0. The molecule has 0 aliphatic heterocycles. The first-order valence-electron chi connectivity index (χ1n) is 15.4. The van der Waals surface area contributed by atoms with Gasteiger partial charge >= 0.3 is 5.97 Å². The Hall–Kier alpha value is -0.613. The van der Waals surface area contributed by atoms with Gasteiger partial charge in [0.1, 0.15) is 0 Å². The van der Waals surface area contributed by atoms with Crippen LogP contribution < -0.4 is 0 Å². The Balaban J connectivity index is 1.63. The molecule has 0 aromatic carbocycles. The highest BCUT2D eigenvalue weighted by Gasteiger charge is 2.63. The van der Waals surface area contributed by atoms with E-state index in [0.29, 0.717) is 23.9 Å². The van der Waals surface area contributed by atoms with E-state index >= 15 is 0 Å². The molecule has 0 saturated heterocycles. The Morgan fingerprint density at radius 1 is 1.05 bits per heavy atom. The molecular weight excluding hydrogens is 472 g/mol. The zero-order chi connectivity index (χ0) is 27.6. The molecule has 4 heteroatoms. The van der Waals surface area contributed by atoms with Crippen LogP contribution in [0.5, 0.6) is 0 Å². The van der Waals surface area contributed by atoms with Crippen LogP contribution in [0, 0.1) is 45.8 Å². The summed E-state index contributed by atoms with van der Waals surface area (Å²) >= 11 is 0. The smallest absolute Gasteiger partial charge is 0.305 e.